The van der Waals surface area contributed by atoms with Crippen molar-refractivity contribution in [2.45, 2.75) is 53.5 Å². The minimum Gasteiger partial charge on any atom is -0.491 e. The molecule has 1 aliphatic rings. The molecule has 6 heteroatoms. The molecule has 2 atom stereocenters. The van der Waals surface area contributed by atoms with E-state index in [1.54, 1.807) is 16.2 Å². The van der Waals surface area contributed by atoms with E-state index in [1.807, 2.05) is 49.9 Å². The van der Waals surface area contributed by atoms with E-state index < -0.39 is 0 Å². The maximum Gasteiger partial charge on any atom is 0.242 e. The average Bonchev–Trinajstić information content (AvgIpc) is 3.26. The van der Waals surface area contributed by atoms with Gasteiger partial charge in [0.25, 0.3) is 0 Å². The first kappa shape index (κ1) is 24.3. The van der Waals surface area contributed by atoms with Crippen molar-refractivity contribution in [2.75, 3.05) is 26.2 Å². The van der Waals surface area contributed by atoms with Gasteiger partial charge >= 0.3 is 0 Å². The van der Waals surface area contributed by atoms with E-state index in [2.05, 4.69) is 25.3 Å². The molecular weight excluding hydrogens is 420 g/mol. The normalized spacial score (nSPS) is 16.6. The lowest BCUT2D eigenvalue weighted by Crippen LogP contribution is -2.49. The Morgan fingerprint density at radius 1 is 1.19 bits per heavy atom. The van der Waals surface area contributed by atoms with Crippen molar-refractivity contribution >= 4 is 23.2 Å². The van der Waals surface area contributed by atoms with Gasteiger partial charge in [-0.3, -0.25) is 9.59 Å². The van der Waals surface area contributed by atoms with E-state index in [1.165, 1.54) is 16.0 Å². The van der Waals surface area contributed by atoms with Crippen molar-refractivity contribution in [1.29, 1.82) is 0 Å². The zero-order chi connectivity index (χ0) is 23.3. The molecule has 2 heterocycles. The topological polar surface area (TPSA) is 49.9 Å². The molecule has 32 heavy (non-hydrogen) atoms. The Morgan fingerprint density at radius 2 is 1.91 bits per heavy atom. The summed E-state index contributed by atoms with van der Waals surface area (Å²) in [6.07, 6.45) is 1.83. The van der Waals surface area contributed by atoms with Crippen LogP contribution >= 0.6 is 11.3 Å². The van der Waals surface area contributed by atoms with Gasteiger partial charge in [-0.15, -0.1) is 11.3 Å². The number of rotatable bonds is 9. The lowest BCUT2D eigenvalue weighted by molar-refractivity contribution is -0.144. The fourth-order valence-corrected chi connectivity index (χ4v) is 4.97. The van der Waals surface area contributed by atoms with E-state index in [4.69, 9.17) is 4.74 Å². The van der Waals surface area contributed by atoms with E-state index >= 15 is 0 Å². The number of hydrogen-bond acceptors (Lipinski definition) is 4. The zero-order valence-corrected chi connectivity index (χ0v) is 20.8. The lowest BCUT2D eigenvalue weighted by Gasteiger charge is -2.37. The maximum absolute atomic E-state index is 13.5. The summed E-state index contributed by atoms with van der Waals surface area (Å²) in [7, 11) is 0. The molecule has 0 bridgehead atoms. The van der Waals surface area contributed by atoms with Gasteiger partial charge in [0, 0.05) is 23.9 Å². The third-order valence-electron chi connectivity index (χ3n) is 6.20. The number of amides is 2. The Hall–Kier alpha value is -2.34. The van der Waals surface area contributed by atoms with Crippen molar-refractivity contribution in [3.63, 3.8) is 0 Å². The summed E-state index contributed by atoms with van der Waals surface area (Å²) in [5.74, 6) is 1.07. The summed E-state index contributed by atoms with van der Waals surface area (Å²) < 4.78 is 6.11. The molecule has 174 valence electrons. The highest BCUT2D eigenvalue weighted by atomic mass is 32.1. The molecule has 1 aromatic heterocycles. The first-order valence-electron chi connectivity index (χ1n) is 11.6. The second-order valence-corrected chi connectivity index (χ2v) is 10.2. The van der Waals surface area contributed by atoms with Crippen molar-refractivity contribution in [1.82, 2.24) is 9.80 Å². The van der Waals surface area contributed by atoms with Gasteiger partial charge in [0.15, 0.2) is 0 Å². The molecule has 5 nitrogen and oxygen atoms in total. The van der Waals surface area contributed by atoms with Crippen molar-refractivity contribution in [3.05, 3.63) is 51.7 Å². The summed E-state index contributed by atoms with van der Waals surface area (Å²) in [5, 5.41) is 2.09. The van der Waals surface area contributed by atoms with Crippen LogP contribution in [0.4, 0.5) is 0 Å². The molecular formula is C26H36N2O3S. The summed E-state index contributed by atoms with van der Waals surface area (Å²) >= 11 is 1.74. The summed E-state index contributed by atoms with van der Waals surface area (Å²) in [5.41, 5.74) is 2.36. The van der Waals surface area contributed by atoms with Crippen LogP contribution in [-0.2, 0) is 16.0 Å². The third-order valence-corrected chi connectivity index (χ3v) is 7.20. The molecule has 0 saturated heterocycles. The smallest absolute Gasteiger partial charge is 0.242 e. The molecule has 0 spiro atoms. The molecule has 2 aromatic rings. The van der Waals surface area contributed by atoms with Crippen LogP contribution in [0.3, 0.4) is 0 Å². The Balaban J connectivity index is 1.77. The van der Waals surface area contributed by atoms with E-state index in [-0.39, 0.29) is 30.3 Å². The highest BCUT2D eigenvalue weighted by Gasteiger charge is 2.34. The quantitative estimate of drug-likeness (QED) is 0.528. The predicted molar refractivity (Wildman–Crippen MR) is 130 cm³/mol. The van der Waals surface area contributed by atoms with Crippen LogP contribution in [0.1, 0.15) is 56.2 Å². The van der Waals surface area contributed by atoms with E-state index in [0.29, 0.717) is 25.6 Å². The van der Waals surface area contributed by atoms with Crippen LogP contribution in [0.5, 0.6) is 5.75 Å². The average molecular weight is 457 g/mol. The Morgan fingerprint density at radius 3 is 2.56 bits per heavy atom. The lowest BCUT2D eigenvalue weighted by atomic mass is 10.00. The molecule has 0 fully saturated rings. The number of carbonyl (C=O) groups excluding carboxylic acids is 2. The van der Waals surface area contributed by atoms with Gasteiger partial charge in [-0.05, 0) is 48.4 Å². The highest BCUT2D eigenvalue weighted by Crippen LogP contribution is 2.34. The number of hydrogen-bond donors (Lipinski definition) is 0. The number of carbonyl (C=O) groups is 2. The molecule has 0 radical (unpaired) electrons. The van der Waals surface area contributed by atoms with Crippen LogP contribution < -0.4 is 4.74 Å². The fraction of sp³-hybridized carbons (Fsp3) is 0.538. The molecule has 2 amide bonds. The predicted octanol–water partition coefficient (Wildman–Crippen LogP) is 5.09. The second kappa shape index (κ2) is 11.0. The minimum atomic E-state index is -0.140. The summed E-state index contributed by atoms with van der Waals surface area (Å²) in [6, 6.07) is 9.96. The first-order chi connectivity index (χ1) is 15.3. The summed E-state index contributed by atoms with van der Waals surface area (Å²) in [6.45, 7) is 11.9. The van der Waals surface area contributed by atoms with Crippen LogP contribution in [0.25, 0.3) is 0 Å². The van der Waals surface area contributed by atoms with Gasteiger partial charge in [-0.25, -0.2) is 0 Å². The molecule has 0 aliphatic carbocycles. The number of fused-ring (bicyclic) bond motifs is 1. The minimum absolute atomic E-state index is 0.00309. The van der Waals surface area contributed by atoms with Gasteiger partial charge in [0.1, 0.15) is 12.4 Å². The monoisotopic (exact) mass is 456 g/mol. The van der Waals surface area contributed by atoms with Crippen LogP contribution in [0, 0.1) is 18.8 Å². The number of thiophene rings is 1. The Bertz CT molecular complexity index is 906. The van der Waals surface area contributed by atoms with Gasteiger partial charge < -0.3 is 14.5 Å². The number of ether oxygens (including phenoxy) is 1. The maximum atomic E-state index is 13.5. The molecule has 0 unspecified atom stereocenters. The van der Waals surface area contributed by atoms with E-state index in [0.717, 1.165) is 18.6 Å². The molecule has 0 N–H and O–H groups in total. The molecule has 1 aromatic carbocycles. The Labute approximate surface area is 196 Å². The molecule has 0 saturated carbocycles. The fourth-order valence-electron chi connectivity index (χ4n) is 4.04. The molecule has 3 rings (SSSR count). The van der Waals surface area contributed by atoms with Gasteiger partial charge in [0.05, 0.1) is 12.6 Å². The standard InChI is InChI=1S/C26H36N2O3S/c1-6-19(4)15-27(26(30)18(2)3)16-25(29)28-13-11-24-22(12-14-32-24)23(28)17-31-21-9-7-20(5)8-10-21/h7-10,12,14,18-19,23H,6,11,13,15-17H2,1-5H3/t19-,23+/m0/s1. The summed E-state index contributed by atoms with van der Waals surface area (Å²) in [4.78, 5) is 31.3. The third kappa shape index (κ3) is 5.91. The van der Waals surface area contributed by atoms with Gasteiger partial charge in [-0.2, -0.15) is 0 Å². The van der Waals surface area contributed by atoms with Crippen LogP contribution in [0.15, 0.2) is 35.7 Å². The van der Waals surface area contributed by atoms with Crippen LogP contribution in [0.2, 0.25) is 0 Å². The second-order valence-electron chi connectivity index (χ2n) is 9.16. The molecule has 1 aliphatic heterocycles. The van der Waals surface area contributed by atoms with Crippen molar-refractivity contribution in [3.8, 4) is 5.75 Å². The number of benzene rings is 1. The zero-order valence-electron chi connectivity index (χ0n) is 20.0. The largest absolute Gasteiger partial charge is 0.491 e. The van der Waals surface area contributed by atoms with Crippen LogP contribution in [-0.4, -0.2) is 47.9 Å². The Kier molecular flexibility index (Phi) is 8.35. The SMILES string of the molecule is CC[C@H](C)CN(CC(=O)N1CCc2sccc2[C@H]1COc1ccc(C)cc1)C(=O)C(C)C. The number of nitrogens with zero attached hydrogens (tertiary/aromatic N) is 2. The van der Waals surface area contributed by atoms with Gasteiger partial charge in [0.2, 0.25) is 11.8 Å². The van der Waals surface area contributed by atoms with Crippen molar-refractivity contribution in [2.24, 2.45) is 11.8 Å². The van der Waals surface area contributed by atoms with E-state index in [9.17, 15) is 9.59 Å². The first-order valence-corrected chi connectivity index (χ1v) is 12.5. The van der Waals surface area contributed by atoms with Crippen molar-refractivity contribution < 1.29 is 14.3 Å². The highest BCUT2D eigenvalue weighted by molar-refractivity contribution is 7.10. The van der Waals surface area contributed by atoms with Gasteiger partial charge in [-0.1, -0.05) is 51.8 Å². The number of aryl methyl sites for hydroxylation is 1.